The molecule has 5 N–H and O–H groups in total. The van der Waals surface area contributed by atoms with Crippen molar-refractivity contribution in [2.24, 2.45) is 0 Å². The third-order valence-corrected chi connectivity index (χ3v) is 5.34. The van der Waals surface area contributed by atoms with Gasteiger partial charge >= 0.3 is 6.03 Å². The first kappa shape index (κ1) is 21.9. The molecule has 0 aliphatic heterocycles. The lowest BCUT2D eigenvalue weighted by Gasteiger charge is -2.11. The highest BCUT2D eigenvalue weighted by atomic mass is 19.1. The van der Waals surface area contributed by atoms with Gasteiger partial charge in [0, 0.05) is 23.3 Å². The van der Waals surface area contributed by atoms with Crippen LogP contribution in [0.3, 0.4) is 0 Å². The zero-order chi connectivity index (χ0) is 24.2. The molecule has 2 aromatic heterocycles. The van der Waals surface area contributed by atoms with Crippen molar-refractivity contribution >= 4 is 34.3 Å². The van der Waals surface area contributed by atoms with Gasteiger partial charge in [-0.1, -0.05) is 24.3 Å². The summed E-state index contributed by atoms with van der Waals surface area (Å²) in [4.78, 5) is 16.8. The van der Waals surface area contributed by atoms with E-state index in [4.69, 9.17) is 10.5 Å². The largest absolute Gasteiger partial charge is 0.489 e. The molecule has 0 radical (unpaired) electrons. The first-order valence-electron chi connectivity index (χ1n) is 10.8. The Morgan fingerprint density at radius 3 is 2.66 bits per heavy atom. The number of ether oxygens (including phenoxy) is 1. The number of nitrogen functional groups attached to an aromatic ring is 1. The number of pyridine rings is 1. The number of aromatic amines is 1. The topological polar surface area (TPSA) is 118 Å². The zero-order valence-corrected chi connectivity index (χ0v) is 18.5. The molecule has 0 aliphatic carbocycles. The van der Waals surface area contributed by atoms with Crippen LogP contribution in [-0.4, -0.2) is 21.2 Å². The molecule has 0 spiro atoms. The molecule has 0 saturated carbocycles. The third-order valence-electron chi connectivity index (χ3n) is 5.34. The smallest absolute Gasteiger partial charge is 0.324 e. The van der Waals surface area contributed by atoms with E-state index in [9.17, 15) is 9.18 Å². The maximum atomic E-state index is 13.0. The summed E-state index contributed by atoms with van der Waals surface area (Å²) < 4.78 is 18.8. The lowest BCUT2D eigenvalue weighted by atomic mass is 10.0. The van der Waals surface area contributed by atoms with E-state index in [0.29, 0.717) is 23.1 Å². The number of carbonyl (C=O) groups is 1. The highest BCUT2D eigenvalue weighted by Gasteiger charge is 2.09. The molecule has 0 atom stereocenters. The quantitative estimate of drug-likeness (QED) is 0.260. The minimum Gasteiger partial charge on any atom is -0.489 e. The van der Waals surface area contributed by atoms with Crippen LogP contribution in [0.25, 0.3) is 22.0 Å². The molecule has 0 bridgehead atoms. The fraction of sp³-hybridized carbons (Fsp3) is 0.0385. The first-order valence-corrected chi connectivity index (χ1v) is 10.8. The predicted molar refractivity (Wildman–Crippen MR) is 134 cm³/mol. The molecule has 0 aliphatic rings. The molecule has 5 aromatic rings. The Hall–Kier alpha value is -4.92. The van der Waals surface area contributed by atoms with Crippen LogP contribution in [0.1, 0.15) is 5.56 Å². The van der Waals surface area contributed by atoms with Crippen LogP contribution in [0.4, 0.5) is 26.5 Å². The summed E-state index contributed by atoms with van der Waals surface area (Å²) >= 11 is 0. The Morgan fingerprint density at radius 2 is 1.80 bits per heavy atom. The number of halogens is 1. The standard InChI is InChI=1S/C26H21FN6O2/c27-19-7-4-16(5-8-19)15-35-21-3-1-2-20(14-21)30-26(34)31-24-13-18(10-11-29-24)17-6-9-23-22(12-17)25(28)33-32-23/h1-14H,15H2,(H3,28,32,33)(H2,29,30,31,34). The molecule has 9 heteroatoms. The minimum atomic E-state index is -0.445. The van der Waals surface area contributed by atoms with Gasteiger partial charge in [0.2, 0.25) is 0 Å². The molecule has 0 fully saturated rings. The normalized spacial score (nSPS) is 10.8. The first-order chi connectivity index (χ1) is 17.0. The van der Waals surface area contributed by atoms with Crippen molar-refractivity contribution in [1.29, 1.82) is 0 Å². The maximum absolute atomic E-state index is 13.0. The number of H-pyrrole nitrogens is 1. The Balaban J connectivity index is 1.23. The van der Waals surface area contributed by atoms with Crippen LogP contribution >= 0.6 is 0 Å². The third kappa shape index (κ3) is 5.19. The van der Waals surface area contributed by atoms with Gasteiger partial charge < -0.3 is 15.8 Å². The number of amides is 2. The van der Waals surface area contributed by atoms with E-state index in [1.54, 1.807) is 48.7 Å². The van der Waals surface area contributed by atoms with Crippen molar-refractivity contribution in [2.75, 3.05) is 16.4 Å². The second-order valence-electron chi connectivity index (χ2n) is 7.82. The van der Waals surface area contributed by atoms with E-state index in [2.05, 4.69) is 25.8 Å². The number of nitrogens with one attached hydrogen (secondary N) is 3. The summed E-state index contributed by atoms with van der Waals surface area (Å²) in [5, 5.41) is 13.2. The Labute approximate surface area is 200 Å². The minimum absolute atomic E-state index is 0.281. The van der Waals surface area contributed by atoms with Crippen molar-refractivity contribution in [3.05, 3.63) is 96.4 Å². The SMILES string of the molecule is Nc1n[nH]c2ccc(-c3ccnc(NC(=O)Nc4cccc(OCc5ccc(F)cc5)c4)c3)cc12. The summed E-state index contributed by atoms with van der Waals surface area (Å²) in [5.41, 5.74) is 9.94. The van der Waals surface area contributed by atoms with Crippen LogP contribution in [0.15, 0.2) is 85.1 Å². The molecule has 0 unspecified atom stereocenters. The number of aromatic nitrogens is 3. The summed E-state index contributed by atoms with van der Waals surface area (Å²) in [5.74, 6) is 1.09. The lowest BCUT2D eigenvalue weighted by Crippen LogP contribution is -2.20. The molecular weight excluding hydrogens is 447 g/mol. The number of carbonyl (C=O) groups excluding carboxylic acids is 1. The van der Waals surface area contributed by atoms with Crippen LogP contribution in [-0.2, 0) is 6.61 Å². The van der Waals surface area contributed by atoms with Gasteiger partial charge in [-0.3, -0.25) is 10.4 Å². The number of fused-ring (bicyclic) bond motifs is 1. The molecule has 0 saturated heterocycles. The van der Waals surface area contributed by atoms with Gasteiger partial charge in [-0.05, 0) is 65.2 Å². The Kier molecular flexibility index (Phi) is 5.96. The molecule has 2 heterocycles. The van der Waals surface area contributed by atoms with Gasteiger partial charge in [0.25, 0.3) is 0 Å². The van der Waals surface area contributed by atoms with E-state index in [0.717, 1.165) is 27.6 Å². The second kappa shape index (κ2) is 9.52. The highest BCUT2D eigenvalue weighted by molar-refractivity contribution is 5.99. The van der Waals surface area contributed by atoms with Gasteiger partial charge in [0.05, 0.1) is 5.52 Å². The predicted octanol–water partition coefficient (Wildman–Crippen LogP) is 5.57. The Morgan fingerprint density at radius 1 is 0.971 bits per heavy atom. The zero-order valence-electron chi connectivity index (χ0n) is 18.5. The lowest BCUT2D eigenvalue weighted by molar-refractivity contribution is 0.262. The van der Waals surface area contributed by atoms with Crippen molar-refractivity contribution in [1.82, 2.24) is 15.2 Å². The fourth-order valence-electron chi connectivity index (χ4n) is 3.58. The molecule has 5 rings (SSSR count). The molecule has 35 heavy (non-hydrogen) atoms. The highest BCUT2D eigenvalue weighted by Crippen LogP contribution is 2.27. The van der Waals surface area contributed by atoms with E-state index in [1.165, 1.54) is 12.1 Å². The molecule has 8 nitrogen and oxygen atoms in total. The van der Waals surface area contributed by atoms with Crippen molar-refractivity contribution < 1.29 is 13.9 Å². The molecule has 174 valence electrons. The van der Waals surface area contributed by atoms with Gasteiger partial charge in [0.15, 0.2) is 5.82 Å². The number of hydrogen-bond donors (Lipinski definition) is 4. The van der Waals surface area contributed by atoms with E-state index in [-0.39, 0.29) is 12.4 Å². The number of urea groups is 1. The monoisotopic (exact) mass is 468 g/mol. The van der Waals surface area contributed by atoms with E-state index < -0.39 is 6.03 Å². The maximum Gasteiger partial charge on any atom is 0.324 e. The van der Waals surface area contributed by atoms with Gasteiger partial charge in [-0.25, -0.2) is 14.2 Å². The average Bonchev–Trinajstić information content (AvgIpc) is 3.24. The van der Waals surface area contributed by atoms with Crippen LogP contribution in [0.5, 0.6) is 5.75 Å². The van der Waals surface area contributed by atoms with Crippen LogP contribution in [0.2, 0.25) is 0 Å². The molecule has 2 amide bonds. The number of rotatable bonds is 6. The van der Waals surface area contributed by atoms with E-state index in [1.807, 2.05) is 24.3 Å². The summed E-state index contributed by atoms with van der Waals surface area (Å²) in [7, 11) is 0. The van der Waals surface area contributed by atoms with Crippen LogP contribution in [0, 0.1) is 5.82 Å². The van der Waals surface area contributed by atoms with E-state index >= 15 is 0 Å². The van der Waals surface area contributed by atoms with Crippen molar-refractivity contribution in [3.8, 4) is 16.9 Å². The number of anilines is 3. The molecule has 3 aromatic carbocycles. The number of nitrogens with zero attached hydrogens (tertiary/aromatic N) is 2. The Bertz CT molecular complexity index is 1500. The molecular formula is C26H21FN6O2. The number of benzene rings is 3. The van der Waals surface area contributed by atoms with Crippen LogP contribution < -0.4 is 21.1 Å². The van der Waals surface area contributed by atoms with Crippen molar-refractivity contribution in [3.63, 3.8) is 0 Å². The van der Waals surface area contributed by atoms with Gasteiger partial charge in [-0.15, -0.1) is 0 Å². The summed E-state index contributed by atoms with van der Waals surface area (Å²) in [6.07, 6.45) is 1.62. The summed E-state index contributed by atoms with van der Waals surface area (Å²) in [6, 6.07) is 22.1. The fourth-order valence-corrected chi connectivity index (χ4v) is 3.58. The summed E-state index contributed by atoms with van der Waals surface area (Å²) in [6.45, 7) is 0.281. The number of nitrogens with two attached hydrogens (primary N) is 1. The number of hydrogen-bond acceptors (Lipinski definition) is 5. The van der Waals surface area contributed by atoms with Crippen molar-refractivity contribution in [2.45, 2.75) is 6.61 Å². The average molecular weight is 468 g/mol. The van der Waals surface area contributed by atoms with Gasteiger partial charge in [0.1, 0.15) is 24.0 Å². The van der Waals surface area contributed by atoms with Gasteiger partial charge in [-0.2, -0.15) is 5.10 Å². The second-order valence-corrected chi connectivity index (χ2v) is 7.82.